The van der Waals surface area contributed by atoms with Crippen molar-refractivity contribution in [1.29, 1.82) is 0 Å². The van der Waals surface area contributed by atoms with Gasteiger partial charge in [0.25, 0.3) is 0 Å². The Labute approximate surface area is 148 Å². The van der Waals surface area contributed by atoms with E-state index in [1.807, 2.05) is 0 Å². The molecule has 0 aromatic carbocycles. The topological polar surface area (TPSA) is 30.9 Å². The summed E-state index contributed by atoms with van der Waals surface area (Å²) >= 11 is 0. The SMILES string of the molecule is CCCCN(C)C(=NCC1CCN(CCC)C1)NCC.I. The van der Waals surface area contributed by atoms with Gasteiger partial charge in [-0.15, -0.1) is 24.0 Å². The molecular formula is C16H35IN4. The van der Waals surface area contributed by atoms with Crippen molar-refractivity contribution in [2.75, 3.05) is 46.3 Å². The van der Waals surface area contributed by atoms with Crippen LogP contribution in [0.3, 0.4) is 0 Å². The molecule has 1 aliphatic heterocycles. The molecular weight excluding hydrogens is 375 g/mol. The normalized spacial score (nSPS) is 19.4. The molecule has 1 saturated heterocycles. The summed E-state index contributed by atoms with van der Waals surface area (Å²) < 4.78 is 0. The van der Waals surface area contributed by atoms with Crippen molar-refractivity contribution < 1.29 is 0 Å². The van der Waals surface area contributed by atoms with Gasteiger partial charge in [0.2, 0.25) is 0 Å². The van der Waals surface area contributed by atoms with E-state index >= 15 is 0 Å². The van der Waals surface area contributed by atoms with Crippen LogP contribution in [0.2, 0.25) is 0 Å². The van der Waals surface area contributed by atoms with Crippen LogP contribution in [-0.2, 0) is 0 Å². The molecule has 21 heavy (non-hydrogen) atoms. The molecule has 1 heterocycles. The molecule has 0 aromatic heterocycles. The zero-order valence-corrected chi connectivity index (χ0v) is 16.7. The molecule has 0 radical (unpaired) electrons. The third kappa shape index (κ3) is 8.24. The van der Waals surface area contributed by atoms with E-state index in [1.54, 1.807) is 0 Å². The van der Waals surface area contributed by atoms with Crippen LogP contribution in [0.4, 0.5) is 0 Å². The van der Waals surface area contributed by atoms with Crippen molar-refractivity contribution in [3.8, 4) is 0 Å². The van der Waals surface area contributed by atoms with Crippen LogP contribution in [0.5, 0.6) is 0 Å². The van der Waals surface area contributed by atoms with Gasteiger partial charge in [-0.05, 0) is 45.2 Å². The van der Waals surface area contributed by atoms with Crippen molar-refractivity contribution in [3.05, 3.63) is 0 Å². The molecule has 1 fully saturated rings. The maximum Gasteiger partial charge on any atom is 0.193 e. The van der Waals surface area contributed by atoms with Crippen LogP contribution in [0.1, 0.15) is 46.5 Å². The monoisotopic (exact) mass is 410 g/mol. The third-order valence-electron chi connectivity index (χ3n) is 3.95. The molecule has 126 valence electrons. The van der Waals surface area contributed by atoms with E-state index in [0.29, 0.717) is 0 Å². The minimum Gasteiger partial charge on any atom is -0.357 e. The second kappa shape index (κ2) is 12.5. The smallest absolute Gasteiger partial charge is 0.193 e. The van der Waals surface area contributed by atoms with Gasteiger partial charge in [-0.2, -0.15) is 0 Å². The van der Waals surface area contributed by atoms with E-state index in [9.17, 15) is 0 Å². The zero-order chi connectivity index (χ0) is 14.8. The molecule has 1 N–H and O–H groups in total. The fraction of sp³-hybridized carbons (Fsp3) is 0.938. The lowest BCUT2D eigenvalue weighted by molar-refractivity contribution is 0.326. The first-order valence-corrected chi connectivity index (χ1v) is 8.43. The number of nitrogens with zero attached hydrogens (tertiary/aromatic N) is 3. The molecule has 1 atom stereocenters. The maximum atomic E-state index is 4.85. The average molecular weight is 410 g/mol. The molecule has 1 rings (SSSR count). The van der Waals surface area contributed by atoms with Crippen molar-refractivity contribution in [1.82, 2.24) is 15.1 Å². The molecule has 0 aliphatic carbocycles. The summed E-state index contributed by atoms with van der Waals surface area (Å²) in [5.41, 5.74) is 0. The van der Waals surface area contributed by atoms with Crippen molar-refractivity contribution in [2.24, 2.45) is 10.9 Å². The number of aliphatic imine (C=N–C) groups is 1. The van der Waals surface area contributed by atoms with Gasteiger partial charge >= 0.3 is 0 Å². The van der Waals surface area contributed by atoms with Gasteiger partial charge in [-0.1, -0.05) is 20.3 Å². The van der Waals surface area contributed by atoms with Crippen LogP contribution in [0.25, 0.3) is 0 Å². The molecule has 0 spiro atoms. The first kappa shape index (κ1) is 21.0. The third-order valence-corrected chi connectivity index (χ3v) is 3.95. The molecule has 0 bridgehead atoms. The first-order valence-electron chi connectivity index (χ1n) is 8.43. The van der Waals surface area contributed by atoms with Gasteiger partial charge in [-0.3, -0.25) is 4.99 Å². The molecule has 1 aliphatic rings. The lowest BCUT2D eigenvalue weighted by atomic mass is 10.1. The minimum absolute atomic E-state index is 0. The second-order valence-electron chi connectivity index (χ2n) is 5.93. The minimum atomic E-state index is 0. The number of rotatable bonds is 8. The zero-order valence-electron chi connectivity index (χ0n) is 14.4. The number of nitrogens with one attached hydrogen (secondary N) is 1. The highest BCUT2D eigenvalue weighted by molar-refractivity contribution is 14.0. The molecule has 5 heteroatoms. The Hall–Kier alpha value is -0.0400. The van der Waals surface area contributed by atoms with E-state index in [1.165, 1.54) is 45.3 Å². The Morgan fingerprint density at radius 1 is 1.29 bits per heavy atom. The Morgan fingerprint density at radius 3 is 2.67 bits per heavy atom. The van der Waals surface area contributed by atoms with E-state index < -0.39 is 0 Å². The Bertz CT molecular complexity index is 283. The van der Waals surface area contributed by atoms with Gasteiger partial charge < -0.3 is 15.1 Å². The van der Waals surface area contributed by atoms with Crippen LogP contribution >= 0.6 is 24.0 Å². The summed E-state index contributed by atoms with van der Waals surface area (Å²) in [5.74, 6) is 1.82. The van der Waals surface area contributed by atoms with E-state index in [-0.39, 0.29) is 24.0 Å². The van der Waals surface area contributed by atoms with Crippen molar-refractivity contribution in [2.45, 2.75) is 46.5 Å². The lowest BCUT2D eigenvalue weighted by Crippen LogP contribution is -2.39. The highest BCUT2D eigenvalue weighted by atomic mass is 127. The maximum absolute atomic E-state index is 4.85. The number of halogens is 1. The van der Waals surface area contributed by atoms with Crippen molar-refractivity contribution >= 4 is 29.9 Å². The highest BCUT2D eigenvalue weighted by Gasteiger charge is 2.21. The Morgan fingerprint density at radius 2 is 2.05 bits per heavy atom. The van der Waals surface area contributed by atoms with Crippen LogP contribution in [0, 0.1) is 5.92 Å². The van der Waals surface area contributed by atoms with Gasteiger partial charge in [0.1, 0.15) is 0 Å². The molecule has 4 nitrogen and oxygen atoms in total. The predicted octanol–water partition coefficient (Wildman–Crippen LogP) is 3.03. The van der Waals surface area contributed by atoms with Crippen LogP contribution in [-0.4, -0.2) is 62.1 Å². The predicted molar refractivity (Wildman–Crippen MR) is 104 cm³/mol. The fourth-order valence-electron chi connectivity index (χ4n) is 2.77. The number of hydrogen-bond donors (Lipinski definition) is 1. The summed E-state index contributed by atoms with van der Waals surface area (Å²) in [5, 5.41) is 3.41. The van der Waals surface area contributed by atoms with E-state index in [4.69, 9.17) is 4.99 Å². The number of likely N-dealkylation sites (tertiary alicyclic amines) is 1. The average Bonchev–Trinajstić information content (AvgIpc) is 2.89. The molecule has 0 amide bonds. The summed E-state index contributed by atoms with van der Waals surface area (Å²) in [6, 6.07) is 0. The highest BCUT2D eigenvalue weighted by Crippen LogP contribution is 2.16. The summed E-state index contributed by atoms with van der Waals surface area (Å²) in [7, 11) is 2.15. The number of unbranched alkanes of at least 4 members (excludes halogenated alkanes) is 1. The van der Waals surface area contributed by atoms with Gasteiger partial charge in [0.05, 0.1) is 0 Å². The van der Waals surface area contributed by atoms with Gasteiger partial charge in [-0.25, -0.2) is 0 Å². The Balaban J connectivity index is 0.00000400. The summed E-state index contributed by atoms with van der Waals surface area (Å²) in [6.45, 7) is 13.4. The second-order valence-corrected chi connectivity index (χ2v) is 5.93. The molecule has 0 aromatic rings. The summed E-state index contributed by atoms with van der Waals surface area (Å²) in [4.78, 5) is 9.69. The Kier molecular flexibility index (Phi) is 12.5. The van der Waals surface area contributed by atoms with Crippen LogP contribution in [0.15, 0.2) is 4.99 Å². The number of hydrogen-bond acceptors (Lipinski definition) is 2. The van der Waals surface area contributed by atoms with Gasteiger partial charge in [0, 0.05) is 33.2 Å². The molecule has 0 saturated carbocycles. The number of guanidine groups is 1. The molecule has 1 unspecified atom stereocenters. The first-order chi connectivity index (χ1) is 9.71. The van der Waals surface area contributed by atoms with Gasteiger partial charge in [0.15, 0.2) is 5.96 Å². The summed E-state index contributed by atoms with van der Waals surface area (Å²) in [6.07, 6.45) is 5.03. The fourth-order valence-corrected chi connectivity index (χ4v) is 2.77. The standard InChI is InChI=1S/C16H34N4.HI/c1-5-8-11-19(4)16(17-7-3)18-13-15-9-12-20(14-15)10-6-2;/h15H,5-14H2,1-4H3,(H,17,18);1H. The van der Waals surface area contributed by atoms with Crippen LogP contribution < -0.4 is 5.32 Å². The lowest BCUT2D eigenvalue weighted by Gasteiger charge is -2.22. The van der Waals surface area contributed by atoms with Crippen molar-refractivity contribution in [3.63, 3.8) is 0 Å². The van der Waals surface area contributed by atoms with E-state index in [2.05, 4.69) is 42.9 Å². The largest absolute Gasteiger partial charge is 0.357 e. The quantitative estimate of drug-likeness (QED) is 0.379. The van der Waals surface area contributed by atoms with E-state index in [0.717, 1.165) is 31.5 Å².